The smallest absolute Gasteiger partial charge is 0.206 e. The minimum absolute atomic E-state index is 0.124. The molecule has 1 aromatic heterocycles. The Morgan fingerprint density at radius 1 is 1.12 bits per heavy atom. The summed E-state index contributed by atoms with van der Waals surface area (Å²) in [5.74, 6) is 1.05. The van der Waals surface area contributed by atoms with Gasteiger partial charge in [0.15, 0.2) is 0 Å². The molecule has 4 fully saturated rings. The third-order valence-corrected chi connectivity index (χ3v) is 10.2. The number of aromatic nitrogens is 2. The number of aliphatic hydroxyl groups is 2. The van der Waals surface area contributed by atoms with Crippen LogP contribution in [-0.2, 0) is 5.60 Å². The highest BCUT2D eigenvalue weighted by Crippen LogP contribution is 2.71. The van der Waals surface area contributed by atoms with Gasteiger partial charge >= 0.3 is 0 Å². The van der Waals surface area contributed by atoms with Crippen LogP contribution in [0.5, 0.6) is 0 Å². The van der Waals surface area contributed by atoms with Crippen molar-refractivity contribution in [1.82, 2.24) is 15.6 Å². The largest absolute Gasteiger partial charge is 0.389 e. The van der Waals surface area contributed by atoms with Gasteiger partial charge in [0.05, 0.1) is 17.4 Å². The molecule has 174 valence electrons. The molecule has 2 unspecified atom stereocenters. The van der Waals surface area contributed by atoms with Crippen LogP contribution in [0.1, 0.15) is 77.2 Å². The maximum atomic E-state index is 12.3. The van der Waals surface area contributed by atoms with Crippen LogP contribution in [0.2, 0.25) is 0 Å². The molecule has 5 rings (SSSR count). The summed E-state index contributed by atoms with van der Waals surface area (Å²) in [6, 6.07) is 1.85. The van der Waals surface area contributed by atoms with Crippen molar-refractivity contribution in [2.45, 2.75) is 82.8 Å². The second-order valence-corrected chi connectivity index (χ2v) is 11.2. The Hall–Kier alpha value is -2.06. The van der Waals surface area contributed by atoms with E-state index in [-0.39, 0.29) is 17.3 Å². The summed E-state index contributed by atoms with van der Waals surface area (Å²) in [7, 11) is 0. The summed E-state index contributed by atoms with van der Waals surface area (Å²) in [6.07, 6.45) is 11.2. The summed E-state index contributed by atoms with van der Waals surface area (Å²) in [6.45, 7) is 4.52. The zero-order valence-corrected chi connectivity index (χ0v) is 19.1. The van der Waals surface area contributed by atoms with E-state index in [0.717, 1.165) is 56.2 Å². The van der Waals surface area contributed by atoms with E-state index in [1.54, 1.807) is 12.4 Å². The minimum Gasteiger partial charge on any atom is -0.389 e. The summed E-state index contributed by atoms with van der Waals surface area (Å²) in [5.41, 5.74) is 7.50. The van der Waals surface area contributed by atoms with E-state index < -0.39 is 16.6 Å². The van der Waals surface area contributed by atoms with E-state index in [9.17, 15) is 10.2 Å². The van der Waals surface area contributed by atoms with Crippen LogP contribution in [0.3, 0.4) is 0 Å². The number of hydrogen-bond donors (Lipinski definition) is 5. The molecule has 32 heavy (non-hydrogen) atoms. The Balaban J connectivity index is 1.43. The van der Waals surface area contributed by atoms with Gasteiger partial charge in [-0.25, -0.2) is 5.43 Å². The first-order valence-electron chi connectivity index (χ1n) is 12.0. The molecule has 0 aliphatic heterocycles. The van der Waals surface area contributed by atoms with Crippen LogP contribution < -0.4 is 11.2 Å². The molecule has 4 aliphatic rings. The Bertz CT molecular complexity index is 940. The summed E-state index contributed by atoms with van der Waals surface area (Å²) < 4.78 is 0. The molecular weight excluding hydrogens is 404 g/mol. The molecule has 0 saturated heterocycles. The van der Waals surface area contributed by atoms with Crippen LogP contribution in [0.4, 0.5) is 0 Å². The zero-order valence-electron chi connectivity index (χ0n) is 19.1. The summed E-state index contributed by atoms with van der Waals surface area (Å²) in [4.78, 5) is 0. The van der Waals surface area contributed by atoms with Crippen LogP contribution >= 0.6 is 0 Å². The summed E-state index contributed by atoms with van der Waals surface area (Å²) >= 11 is 0. The van der Waals surface area contributed by atoms with E-state index in [0.29, 0.717) is 24.7 Å². The van der Waals surface area contributed by atoms with Gasteiger partial charge in [0.1, 0.15) is 0 Å². The second-order valence-electron chi connectivity index (χ2n) is 11.2. The fourth-order valence-electron chi connectivity index (χ4n) is 8.28. The molecule has 1 aromatic rings. The van der Waals surface area contributed by atoms with Gasteiger partial charge in [0, 0.05) is 22.9 Å². The van der Waals surface area contributed by atoms with Gasteiger partial charge in [-0.2, -0.15) is 15.3 Å². The third kappa shape index (κ3) is 2.81. The van der Waals surface area contributed by atoms with Crippen LogP contribution in [0.25, 0.3) is 0 Å². The SMILES string of the molecule is C[C@]12CCC(=NNC(=N)N)CC1CC[C@@H]1[C@H]2CC[C@]2(C)C(O)(c3ccnnc3)CC[C@@]12O. The molecule has 4 saturated carbocycles. The average Bonchev–Trinajstić information content (AvgIpc) is 3.00. The van der Waals surface area contributed by atoms with Crippen molar-refractivity contribution >= 4 is 11.7 Å². The highest BCUT2D eigenvalue weighted by molar-refractivity contribution is 5.87. The monoisotopic (exact) mass is 440 g/mol. The van der Waals surface area contributed by atoms with Gasteiger partial charge in [0.2, 0.25) is 5.96 Å². The molecule has 8 heteroatoms. The predicted molar refractivity (Wildman–Crippen MR) is 122 cm³/mol. The maximum absolute atomic E-state index is 12.3. The second kappa shape index (κ2) is 7.22. The quantitative estimate of drug-likeness (QED) is 0.272. The van der Waals surface area contributed by atoms with Crippen LogP contribution in [0, 0.1) is 34.0 Å². The Morgan fingerprint density at radius 3 is 2.66 bits per heavy atom. The first kappa shape index (κ1) is 21.8. The Labute approximate surface area is 189 Å². The van der Waals surface area contributed by atoms with Crippen molar-refractivity contribution in [3.8, 4) is 0 Å². The van der Waals surface area contributed by atoms with E-state index >= 15 is 0 Å². The third-order valence-electron chi connectivity index (χ3n) is 10.2. The van der Waals surface area contributed by atoms with Gasteiger partial charge < -0.3 is 15.9 Å². The standard InChI is InChI=1S/C24H36N6O2/c1-21-8-5-17(29-30-20(25)26)13-15(21)3-4-19-18(21)6-9-22(2)23(31,10-11-24(19,22)32)16-7-12-27-28-14-16/h7,12,14-15,18-19,31-32H,3-6,8-11,13H2,1-2H3,(H4,25,26,30)/t15?,18-,19-,21+,22-,23?,24-/m1/s1. The lowest BCUT2D eigenvalue weighted by molar-refractivity contribution is -0.233. The Morgan fingerprint density at radius 2 is 1.94 bits per heavy atom. The number of nitrogens with one attached hydrogen (secondary N) is 2. The fraction of sp³-hybridized carbons (Fsp3) is 0.750. The van der Waals surface area contributed by atoms with E-state index in [1.807, 2.05) is 6.07 Å². The molecular formula is C24H36N6O2. The number of fused-ring (bicyclic) bond motifs is 5. The number of nitrogens with zero attached hydrogens (tertiary/aromatic N) is 3. The molecule has 0 bridgehead atoms. The Kier molecular flexibility index (Phi) is 4.91. The topological polar surface area (TPSA) is 140 Å². The molecule has 4 aliphatic carbocycles. The lowest BCUT2D eigenvalue weighted by Crippen LogP contribution is -2.64. The number of rotatable bonds is 2. The van der Waals surface area contributed by atoms with Crippen molar-refractivity contribution in [3.63, 3.8) is 0 Å². The van der Waals surface area contributed by atoms with Crippen LogP contribution in [0.15, 0.2) is 23.6 Å². The van der Waals surface area contributed by atoms with E-state index in [4.69, 9.17) is 11.1 Å². The molecule has 1 heterocycles. The van der Waals surface area contributed by atoms with Crippen molar-refractivity contribution in [1.29, 1.82) is 5.41 Å². The van der Waals surface area contributed by atoms with Crippen molar-refractivity contribution in [2.24, 2.45) is 39.4 Å². The highest BCUT2D eigenvalue weighted by atomic mass is 16.3. The van der Waals surface area contributed by atoms with Gasteiger partial charge in [-0.3, -0.25) is 5.41 Å². The predicted octanol–water partition coefficient (Wildman–Crippen LogP) is 2.66. The van der Waals surface area contributed by atoms with E-state index in [2.05, 4.69) is 34.6 Å². The molecule has 8 nitrogen and oxygen atoms in total. The zero-order chi connectivity index (χ0) is 22.8. The molecule has 7 atom stereocenters. The number of nitrogens with two attached hydrogens (primary N) is 1. The lowest BCUT2D eigenvalue weighted by atomic mass is 9.43. The molecule has 0 radical (unpaired) electrons. The normalized spacial score (nSPS) is 46.8. The lowest BCUT2D eigenvalue weighted by Gasteiger charge is -2.64. The van der Waals surface area contributed by atoms with Crippen LogP contribution in [-0.4, -0.2) is 37.7 Å². The average molecular weight is 441 g/mol. The number of guanidine groups is 1. The van der Waals surface area contributed by atoms with Crippen molar-refractivity contribution in [3.05, 3.63) is 24.0 Å². The maximum Gasteiger partial charge on any atom is 0.206 e. The van der Waals surface area contributed by atoms with Crippen molar-refractivity contribution in [2.75, 3.05) is 0 Å². The van der Waals surface area contributed by atoms with Gasteiger partial charge in [0.25, 0.3) is 0 Å². The fourth-order valence-corrected chi connectivity index (χ4v) is 8.28. The minimum atomic E-state index is -1.08. The van der Waals surface area contributed by atoms with E-state index in [1.165, 1.54) is 0 Å². The molecule has 0 aromatic carbocycles. The first-order chi connectivity index (χ1) is 15.1. The summed E-state index contributed by atoms with van der Waals surface area (Å²) in [5, 5.41) is 43.9. The van der Waals surface area contributed by atoms with Gasteiger partial charge in [-0.05, 0) is 87.0 Å². The van der Waals surface area contributed by atoms with Gasteiger partial charge in [-0.1, -0.05) is 13.8 Å². The first-order valence-corrected chi connectivity index (χ1v) is 12.0. The van der Waals surface area contributed by atoms with Gasteiger partial charge in [-0.15, -0.1) is 0 Å². The highest BCUT2D eigenvalue weighted by Gasteiger charge is 2.72. The number of hydrazone groups is 1. The number of hydrogen-bond acceptors (Lipinski definition) is 6. The molecule has 0 spiro atoms. The molecule has 0 amide bonds. The van der Waals surface area contributed by atoms with Crippen molar-refractivity contribution < 1.29 is 10.2 Å². The molecule has 6 N–H and O–H groups in total.